The van der Waals surface area contributed by atoms with E-state index in [2.05, 4.69) is 5.32 Å². The first-order valence-corrected chi connectivity index (χ1v) is 4.34. The van der Waals surface area contributed by atoms with Gasteiger partial charge >= 0.3 is 0 Å². The minimum Gasteiger partial charge on any atom is -0.353 e. The van der Waals surface area contributed by atoms with Crippen LogP contribution in [0.1, 0.15) is 12.5 Å². The first kappa shape index (κ1) is 9.52. The zero-order valence-corrected chi connectivity index (χ0v) is 7.66. The first-order chi connectivity index (χ1) is 6.33. The summed E-state index contributed by atoms with van der Waals surface area (Å²) in [6.07, 6.45) is 3.34. The third-order valence-electron chi connectivity index (χ3n) is 1.58. The van der Waals surface area contributed by atoms with E-state index in [0.29, 0.717) is 6.54 Å². The highest BCUT2D eigenvalue weighted by atomic mass is 16.1. The van der Waals surface area contributed by atoms with Crippen molar-refractivity contribution < 1.29 is 4.79 Å². The predicted molar refractivity (Wildman–Crippen MR) is 54.2 cm³/mol. The summed E-state index contributed by atoms with van der Waals surface area (Å²) in [6, 6.07) is 9.74. The van der Waals surface area contributed by atoms with E-state index in [1.54, 1.807) is 12.2 Å². The number of carbonyl (C=O) groups is 1. The van der Waals surface area contributed by atoms with Crippen molar-refractivity contribution in [1.82, 2.24) is 5.32 Å². The summed E-state index contributed by atoms with van der Waals surface area (Å²) in [5.41, 5.74) is 1.04. The van der Waals surface area contributed by atoms with Gasteiger partial charge in [-0.15, -0.1) is 0 Å². The van der Waals surface area contributed by atoms with Crippen molar-refractivity contribution in [3.8, 4) is 0 Å². The number of nitrogens with one attached hydrogen (secondary N) is 1. The highest BCUT2D eigenvalue weighted by Gasteiger charge is 1.90. The van der Waals surface area contributed by atoms with Crippen LogP contribution >= 0.6 is 0 Å². The maximum atomic E-state index is 11.0. The fourth-order valence-corrected chi connectivity index (χ4v) is 0.969. The van der Waals surface area contributed by atoms with Gasteiger partial charge in [-0.2, -0.15) is 0 Å². The molecule has 0 saturated heterocycles. The molecule has 0 atom stereocenters. The fourth-order valence-electron chi connectivity index (χ4n) is 0.969. The van der Waals surface area contributed by atoms with Gasteiger partial charge in [-0.1, -0.05) is 30.3 Å². The Morgan fingerprint density at radius 1 is 1.38 bits per heavy atom. The third-order valence-corrected chi connectivity index (χ3v) is 1.58. The molecule has 0 bridgehead atoms. The number of likely N-dealkylation sites (N-methyl/N-ethyl adjacent to an activating group) is 1. The standard InChI is InChI=1S/C11H13NO/c1-2-12-11(13)9-8-10-6-4-3-5-7-10/h3-9H,2H2,1H3,(H,12,13)/b9-8-. The Morgan fingerprint density at radius 3 is 2.69 bits per heavy atom. The summed E-state index contributed by atoms with van der Waals surface area (Å²) in [5, 5.41) is 2.69. The number of rotatable bonds is 3. The Morgan fingerprint density at radius 2 is 2.08 bits per heavy atom. The summed E-state index contributed by atoms with van der Waals surface area (Å²) in [4.78, 5) is 11.0. The number of carbonyl (C=O) groups excluding carboxylic acids is 1. The second-order valence-corrected chi connectivity index (χ2v) is 2.64. The molecule has 0 heterocycles. The normalized spacial score (nSPS) is 10.2. The summed E-state index contributed by atoms with van der Waals surface area (Å²) in [6.45, 7) is 2.56. The van der Waals surface area contributed by atoms with Crippen LogP contribution in [0.25, 0.3) is 6.08 Å². The summed E-state index contributed by atoms with van der Waals surface area (Å²) >= 11 is 0. The molecule has 0 radical (unpaired) electrons. The molecule has 68 valence electrons. The smallest absolute Gasteiger partial charge is 0.243 e. The van der Waals surface area contributed by atoms with Gasteiger partial charge in [0.05, 0.1) is 0 Å². The topological polar surface area (TPSA) is 29.1 Å². The van der Waals surface area contributed by atoms with Crippen molar-refractivity contribution in [3.63, 3.8) is 0 Å². The lowest BCUT2D eigenvalue weighted by Gasteiger charge is -1.94. The molecule has 0 aliphatic heterocycles. The van der Waals surface area contributed by atoms with Crippen LogP contribution in [0, 0.1) is 0 Å². The van der Waals surface area contributed by atoms with Gasteiger partial charge in [0.2, 0.25) is 5.91 Å². The van der Waals surface area contributed by atoms with Gasteiger partial charge in [-0.25, -0.2) is 0 Å². The van der Waals surface area contributed by atoms with E-state index in [4.69, 9.17) is 0 Å². The molecule has 1 rings (SSSR count). The van der Waals surface area contributed by atoms with E-state index < -0.39 is 0 Å². The van der Waals surface area contributed by atoms with Gasteiger partial charge in [-0.3, -0.25) is 4.79 Å². The number of benzene rings is 1. The minimum absolute atomic E-state index is 0.0497. The Bertz CT molecular complexity index is 290. The van der Waals surface area contributed by atoms with E-state index in [-0.39, 0.29) is 5.91 Å². The molecule has 0 unspecified atom stereocenters. The van der Waals surface area contributed by atoms with Crippen molar-refractivity contribution in [2.24, 2.45) is 0 Å². The van der Waals surface area contributed by atoms with Crippen molar-refractivity contribution in [2.75, 3.05) is 6.54 Å². The maximum Gasteiger partial charge on any atom is 0.243 e. The first-order valence-electron chi connectivity index (χ1n) is 4.34. The largest absolute Gasteiger partial charge is 0.353 e. The fraction of sp³-hybridized carbons (Fsp3) is 0.182. The molecular formula is C11H13NO. The maximum absolute atomic E-state index is 11.0. The van der Waals surface area contributed by atoms with E-state index in [9.17, 15) is 4.79 Å². The third kappa shape index (κ3) is 3.56. The average molecular weight is 175 g/mol. The Balaban J connectivity index is 2.54. The Labute approximate surface area is 78.3 Å². The molecule has 0 aliphatic rings. The van der Waals surface area contributed by atoms with Gasteiger partial charge in [0.15, 0.2) is 0 Å². The average Bonchev–Trinajstić information content (AvgIpc) is 2.17. The minimum atomic E-state index is -0.0497. The van der Waals surface area contributed by atoms with Crippen LogP contribution in [0.3, 0.4) is 0 Å². The van der Waals surface area contributed by atoms with E-state index in [0.717, 1.165) is 5.56 Å². The van der Waals surface area contributed by atoms with Crippen molar-refractivity contribution in [2.45, 2.75) is 6.92 Å². The quantitative estimate of drug-likeness (QED) is 0.698. The van der Waals surface area contributed by atoms with E-state index in [1.807, 2.05) is 37.3 Å². The second kappa shape index (κ2) is 5.14. The van der Waals surface area contributed by atoms with Gasteiger partial charge in [0.1, 0.15) is 0 Å². The zero-order valence-electron chi connectivity index (χ0n) is 7.66. The van der Waals surface area contributed by atoms with Crippen LogP contribution in [0.5, 0.6) is 0 Å². The van der Waals surface area contributed by atoms with Crippen LogP contribution in [0.4, 0.5) is 0 Å². The zero-order chi connectivity index (χ0) is 9.52. The van der Waals surface area contributed by atoms with Crippen LogP contribution < -0.4 is 5.32 Å². The number of amides is 1. The molecule has 0 aromatic heterocycles. The summed E-state index contributed by atoms with van der Waals surface area (Å²) in [7, 11) is 0. The van der Waals surface area contributed by atoms with Crippen LogP contribution in [-0.4, -0.2) is 12.5 Å². The monoisotopic (exact) mass is 175 g/mol. The predicted octanol–water partition coefficient (Wildman–Crippen LogP) is 1.84. The van der Waals surface area contributed by atoms with E-state index >= 15 is 0 Å². The van der Waals surface area contributed by atoms with Gasteiger partial charge in [0.25, 0.3) is 0 Å². The molecule has 0 spiro atoms. The summed E-state index contributed by atoms with van der Waals surface area (Å²) < 4.78 is 0. The van der Waals surface area contributed by atoms with Gasteiger partial charge in [0, 0.05) is 12.6 Å². The molecule has 1 amide bonds. The molecule has 2 heteroatoms. The van der Waals surface area contributed by atoms with Crippen LogP contribution in [-0.2, 0) is 4.79 Å². The van der Waals surface area contributed by atoms with Crippen LogP contribution in [0.15, 0.2) is 36.4 Å². The van der Waals surface area contributed by atoms with Gasteiger partial charge < -0.3 is 5.32 Å². The molecule has 1 aromatic carbocycles. The molecule has 2 nitrogen and oxygen atoms in total. The molecule has 13 heavy (non-hydrogen) atoms. The lowest BCUT2D eigenvalue weighted by atomic mass is 10.2. The molecule has 1 aromatic rings. The van der Waals surface area contributed by atoms with E-state index in [1.165, 1.54) is 0 Å². The highest BCUT2D eigenvalue weighted by Crippen LogP contribution is 2.00. The number of hydrogen-bond acceptors (Lipinski definition) is 1. The van der Waals surface area contributed by atoms with Crippen molar-refractivity contribution in [1.29, 1.82) is 0 Å². The number of hydrogen-bond donors (Lipinski definition) is 1. The Hall–Kier alpha value is -1.57. The SMILES string of the molecule is CCNC(=O)/C=C\c1ccccc1. The molecule has 1 N–H and O–H groups in total. The molecule has 0 aliphatic carbocycles. The lowest BCUT2D eigenvalue weighted by molar-refractivity contribution is -0.116. The molecule has 0 fully saturated rings. The van der Waals surface area contributed by atoms with Crippen molar-refractivity contribution in [3.05, 3.63) is 42.0 Å². The van der Waals surface area contributed by atoms with Gasteiger partial charge in [-0.05, 0) is 18.6 Å². The Kier molecular flexibility index (Phi) is 3.76. The summed E-state index contributed by atoms with van der Waals surface area (Å²) in [5.74, 6) is -0.0497. The van der Waals surface area contributed by atoms with Crippen molar-refractivity contribution >= 4 is 12.0 Å². The second-order valence-electron chi connectivity index (χ2n) is 2.64. The lowest BCUT2D eigenvalue weighted by Crippen LogP contribution is -2.19. The van der Waals surface area contributed by atoms with Crippen LogP contribution in [0.2, 0.25) is 0 Å². The molecular weight excluding hydrogens is 162 g/mol. The molecule has 0 saturated carbocycles. The highest BCUT2D eigenvalue weighted by molar-refractivity contribution is 5.91.